The second-order valence-electron chi connectivity index (χ2n) is 6.99. The molecule has 0 saturated carbocycles. The lowest BCUT2D eigenvalue weighted by Gasteiger charge is -2.13. The summed E-state index contributed by atoms with van der Waals surface area (Å²) in [5, 5.41) is 24.1. The van der Waals surface area contributed by atoms with E-state index in [0.29, 0.717) is 16.2 Å². The minimum atomic E-state index is -0.0983. The molecule has 1 heterocycles. The minimum absolute atomic E-state index is 0.0734. The molecule has 0 aliphatic carbocycles. The Labute approximate surface area is 183 Å². The number of benzene rings is 2. The molecule has 0 saturated heterocycles. The SMILES string of the molecule is CCc1ccc(/C(O)=C(\C(=S)Nc2ccccc2CC)[n+]2cccc(CO)c2)cc1. The van der Waals surface area contributed by atoms with E-state index in [4.69, 9.17) is 12.2 Å². The molecule has 2 aromatic carbocycles. The van der Waals surface area contributed by atoms with E-state index in [2.05, 4.69) is 25.2 Å². The number of hydrogen-bond acceptors (Lipinski definition) is 3. The number of aliphatic hydroxyl groups excluding tert-OH is 2. The number of aryl methyl sites for hydroxylation is 2. The van der Waals surface area contributed by atoms with Crippen molar-refractivity contribution >= 4 is 34.3 Å². The minimum Gasteiger partial charge on any atom is -0.502 e. The van der Waals surface area contributed by atoms with Crippen molar-refractivity contribution in [3.8, 4) is 0 Å². The quantitative estimate of drug-likeness (QED) is 0.220. The first-order valence-corrected chi connectivity index (χ1v) is 10.5. The Morgan fingerprint density at radius 2 is 1.67 bits per heavy atom. The van der Waals surface area contributed by atoms with E-state index in [9.17, 15) is 10.2 Å². The molecule has 4 nitrogen and oxygen atoms in total. The maximum absolute atomic E-state index is 11.2. The number of pyridine rings is 1. The van der Waals surface area contributed by atoms with Crippen molar-refractivity contribution in [1.82, 2.24) is 0 Å². The second kappa shape index (κ2) is 10.1. The zero-order chi connectivity index (χ0) is 21.5. The molecule has 0 spiro atoms. The lowest BCUT2D eigenvalue weighted by atomic mass is 10.1. The van der Waals surface area contributed by atoms with Gasteiger partial charge in [0.1, 0.15) is 0 Å². The molecular formula is C25H27N2O2S+. The van der Waals surface area contributed by atoms with Gasteiger partial charge in [-0.2, -0.15) is 4.57 Å². The van der Waals surface area contributed by atoms with Crippen molar-refractivity contribution in [1.29, 1.82) is 0 Å². The van der Waals surface area contributed by atoms with Crippen molar-refractivity contribution in [2.75, 3.05) is 5.32 Å². The zero-order valence-electron chi connectivity index (χ0n) is 17.3. The Bertz CT molecular complexity index is 1060. The van der Waals surface area contributed by atoms with Crippen LogP contribution in [0.3, 0.4) is 0 Å². The highest BCUT2D eigenvalue weighted by Crippen LogP contribution is 2.22. The Kier molecular flexibility index (Phi) is 7.33. The summed E-state index contributed by atoms with van der Waals surface area (Å²) in [5.41, 5.74) is 5.10. The largest absolute Gasteiger partial charge is 0.502 e. The van der Waals surface area contributed by atoms with Gasteiger partial charge in [-0.1, -0.05) is 68.5 Å². The van der Waals surface area contributed by atoms with Crippen LogP contribution in [0.15, 0.2) is 73.1 Å². The van der Waals surface area contributed by atoms with Crippen LogP contribution in [-0.4, -0.2) is 15.2 Å². The summed E-state index contributed by atoms with van der Waals surface area (Å²) in [7, 11) is 0. The number of para-hydroxylation sites is 1. The number of rotatable bonds is 7. The average Bonchev–Trinajstić information content (AvgIpc) is 2.79. The highest BCUT2D eigenvalue weighted by molar-refractivity contribution is 7.81. The summed E-state index contributed by atoms with van der Waals surface area (Å²) in [6.45, 7) is 4.09. The normalized spacial score (nSPS) is 11.7. The first-order chi connectivity index (χ1) is 14.6. The first-order valence-electron chi connectivity index (χ1n) is 10.1. The topological polar surface area (TPSA) is 56.4 Å². The van der Waals surface area contributed by atoms with Gasteiger partial charge in [0.05, 0.1) is 6.61 Å². The third-order valence-electron chi connectivity index (χ3n) is 5.02. The van der Waals surface area contributed by atoms with E-state index < -0.39 is 0 Å². The Balaban J connectivity index is 2.09. The molecule has 0 amide bonds. The molecule has 0 fully saturated rings. The summed E-state index contributed by atoms with van der Waals surface area (Å²) >= 11 is 5.74. The van der Waals surface area contributed by atoms with Crippen LogP contribution in [0.2, 0.25) is 0 Å². The van der Waals surface area contributed by atoms with Crippen LogP contribution in [0.1, 0.15) is 36.1 Å². The van der Waals surface area contributed by atoms with Crippen LogP contribution in [0.5, 0.6) is 0 Å². The van der Waals surface area contributed by atoms with Gasteiger partial charge < -0.3 is 15.5 Å². The predicted molar refractivity (Wildman–Crippen MR) is 126 cm³/mol. The molecule has 0 aliphatic rings. The molecule has 3 rings (SSSR count). The molecular weight excluding hydrogens is 392 g/mol. The second-order valence-corrected chi connectivity index (χ2v) is 7.40. The van der Waals surface area contributed by atoms with Crippen LogP contribution in [-0.2, 0) is 19.4 Å². The molecule has 0 atom stereocenters. The van der Waals surface area contributed by atoms with Crippen molar-refractivity contribution in [2.45, 2.75) is 33.3 Å². The van der Waals surface area contributed by atoms with Crippen molar-refractivity contribution in [2.24, 2.45) is 0 Å². The van der Waals surface area contributed by atoms with Gasteiger partial charge in [0.25, 0.3) is 5.70 Å². The molecule has 5 heteroatoms. The van der Waals surface area contributed by atoms with E-state index in [-0.39, 0.29) is 12.4 Å². The maximum atomic E-state index is 11.2. The summed E-state index contributed by atoms with van der Waals surface area (Å²) in [4.78, 5) is 0.396. The van der Waals surface area contributed by atoms with Crippen molar-refractivity contribution < 1.29 is 14.8 Å². The monoisotopic (exact) mass is 419 g/mol. The smallest absolute Gasteiger partial charge is 0.288 e. The molecule has 0 unspecified atom stereocenters. The van der Waals surface area contributed by atoms with E-state index >= 15 is 0 Å². The fourth-order valence-electron chi connectivity index (χ4n) is 3.27. The molecule has 0 radical (unpaired) electrons. The van der Waals surface area contributed by atoms with E-state index in [1.54, 1.807) is 10.8 Å². The van der Waals surface area contributed by atoms with E-state index in [1.165, 1.54) is 5.56 Å². The number of thiocarbonyl (C=S) groups is 1. The van der Waals surface area contributed by atoms with Gasteiger partial charge in [0.15, 0.2) is 23.1 Å². The number of nitrogens with zero attached hydrogens (tertiary/aromatic N) is 1. The molecule has 154 valence electrons. The Morgan fingerprint density at radius 3 is 2.33 bits per heavy atom. The Hall–Kier alpha value is -3.02. The number of nitrogens with one attached hydrogen (secondary N) is 1. The summed E-state index contributed by atoms with van der Waals surface area (Å²) in [5.74, 6) is 0.0734. The van der Waals surface area contributed by atoms with Gasteiger partial charge in [-0.05, 0) is 36.1 Å². The van der Waals surface area contributed by atoms with Crippen LogP contribution >= 0.6 is 12.2 Å². The third-order valence-corrected chi connectivity index (χ3v) is 5.32. The number of aromatic nitrogens is 1. The Morgan fingerprint density at radius 1 is 0.933 bits per heavy atom. The number of hydrogen-bond donors (Lipinski definition) is 3. The highest BCUT2D eigenvalue weighted by Gasteiger charge is 2.24. The first kappa shape index (κ1) is 21.7. The molecule has 30 heavy (non-hydrogen) atoms. The summed E-state index contributed by atoms with van der Waals surface area (Å²) in [6, 6.07) is 19.4. The van der Waals surface area contributed by atoms with Crippen LogP contribution in [0, 0.1) is 0 Å². The lowest BCUT2D eigenvalue weighted by molar-refractivity contribution is -0.576. The fourth-order valence-corrected chi connectivity index (χ4v) is 3.58. The zero-order valence-corrected chi connectivity index (χ0v) is 18.1. The summed E-state index contributed by atoms with van der Waals surface area (Å²) in [6.07, 6.45) is 5.37. The highest BCUT2D eigenvalue weighted by atomic mass is 32.1. The molecule has 3 aromatic rings. The molecule has 0 bridgehead atoms. The molecule has 1 aromatic heterocycles. The van der Waals surface area contributed by atoms with Gasteiger partial charge in [-0.15, -0.1) is 0 Å². The maximum Gasteiger partial charge on any atom is 0.288 e. The van der Waals surface area contributed by atoms with Gasteiger partial charge in [0, 0.05) is 22.9 Å². The average molecular weight is 420 g/mol. The third kappa shape index (κ3) is 4.93. The van der Waals surface area contributed by atoms with Crippen LogP contribution < -0.4 is 9.88 Å². The number of aliphatic hydroxyl groups is 2. The van der Waals surface area contributed by atoms with Gasteiger partial charge in [-0.3, -0.25) is 0 Å². The number of anilines is 1. The van der Waals surface area contributed by atoms with Gasteiger partial charge in [-0.25, -0.2) is 0 Å². The van der Waals surface area contributed by atoms with Gasteiger partial charge >= 0.3 is 0 Å². The molecule has 3 N–H and O–H groups in total. The van der Waals surface area contributed by atoms with Crippen molar-refractivity contribution in [3.63, 3.8) is 0 Å². The van der Waals surface area contributed by atoms with Crippen LogP contribution in [0.4, 0.5) is 5.69 Å². The van der Waals surface area contributed by atoms with Crippen LogP contribution in [0.25, 0.3) is 11.5 Å². The van der Waals surface area contributed by atoms with Crippen molar-refractivity contribution in [3.05, 3.63) is 95.3 Å². The van der Waals surface area contributed by atoms with E-state index in [1.807, 2.05) is 60.8 Å². The summed E-state index contributed by atoms with van der Waals surface area (Å²) < 4.78 is 1.75. The lowest BCUT2D eigenvalue weighted by Crippen LogP contribution is -2.39. The van der Waals surface area contributed by atoms with E-state index in [0.717, 1.165) is 29.7 Å². The molecule has 0 aliphatic heterocycles. The van der Waals surface area contributed by atoms with Gasteiger partial charge in [0.2, 0.25) is 0 Å². The standard InChI is InChI=1S/C25H26N2O2S/c1-3-18-11-13-21(14-12-18)24(29)23(27-15-7-8-19(16-27)17-28)25(30)26-22-10-6-5-9-20(22)4-2/h5-16,28H,3-4,17H2,1-2H3,(H-,26,29,30)/p+1. The fraction of sp³-hybridized carbons (Fsp3) is 0.200. The predicted octanol–water partition coefficient (Wildman–Crippen LogP) is 4.91.